The number of nitro groups is 1. The molecule has 1 aromatic rings. The Bertz CT molecular complexity index is 647. The standard InChI is InChI=1S/C15H16N2O5S/c1-22-15(19)13-10-16(7-8-23-13)14(18)6-5-11-3-2-4-12(9-11)17(20)21/h2-6,9,13H,7-8,10H2,1H3/b6-5+/t13-/m0/s1. The van der Waals surface area contributed by atoms with Crippen molar-refractivity contribution in [2.75, 3.05) is 26.0 Å². The predicted molar refractivity (Wildman–Crippen MR) is 87.0 cm³/mol. The molecule has 0 N–H and O–H groups in total. The molecular formula is C15H16N2O5S. The summed E-state index contributed by atoms with van der Waals surface area (Å²) in [5, 5.41) is 10.4. The summed E-state index contributed by atoms with van der Waals surface area (Å²) in [4.78, 5) is 35.6. The first-order valence-corrected chi connectivity index (χ1v) is 7.97. The van der Waals surface area contributed by atoms with Crippen molar-refractivity contribution in [1.82, 2.24) is 4.90 Å². The van der Waals surface area contributed by atoms with Crippen LogP contribution >= 0.6 is 11.8 Å². The molecule has 1 saturated heterocycles. The van der Waals surface area contributed by atoms with Gasteiger partial charge in [-0.1, -0.05) is 12.1 Å². The lowest BCUT2D eigenvalue weighted by molar-refractivity contribution is -0.384. The number of ether oxygens (including phenoxy) is 1. The first-order chi connectivity index (χ1) is 11.0. The molecule has 0 bridgehead atoms. The zero-order valence-corrected chi connectivity index (χ0v) is 13.3. The van der Waals surface area contributed by atoms with Crippen LogP contribution < -0.4 is 0 Å². The smallest absolute Gasteiger partial charge is 0.320 e. The number of hydrogen-bond donors (Lipinski definition) is 0. The average Bonchev–Trinajstić information content (AvgIpc) is 2.59. The second-order valence-corrected chi connectivity index (χ2v) is 6.16. The number of non-ortho nitro benzene ring substituents is 1. The van der Waals surface area contributed by atoms with Crippen LogP contribution in [0.4, 0.5) is 5.69 Å². The van der Waals surface area contributed by atoms with E-state index in [9.17, 15) is 19.7 Å². The Hall–Kier alpha value is -2.35. The summed E-state index contributed by atoms with van der Waals surface area (Å²) in [5.41, 5.74) is 0.545. The van der Waals surface area contributed by atoms with Gasteiger partial charge >= 0.3 is 5.97 Å². The first-order valence-electron chi connectivity index (χ1n) is 6.92. The van der Waals surface area contributed by atoms with Crippen molar-refractivity contribution < 1.29 is 19.2 Å². The minimum Gasteiger partial charge on any atom is -0.468 e. The van der Waals surface area contributed by atoms with Gasteiger partial charge in [0.05, 0.1) is 12.0 Å². The number of esters is 1. The third-order valence-corrected chi connectivity index (χ3v) is 4.50. The van der Waals surface area contributed by atoms with Gasteiger partial charge < -0.3 is 9.64 Å². The van der Waals surface area contributed by atoms with Gasteiger partial charge in [-0.05, 0) is 11.6 Å². The largest absolute Gasteiger partial charge is 0.468 e. The van der Waals surface area contributed by atoms with E-state index in [0.717, 1.165) is 0 Å². The molecule has 1 heterocycles. The molecule has 1 atom stereocenters. The van der Waals surface area contributed by atoms with Crippen molar-refractivity contribution in [1.29, 1.82) is 0 Å². The van der Waals surface area contributed by atoms with Gasteiger partial charge in [0, 0.05) is 37.1 Å². The van der Waals surface area contributed by atoms with Gasteiger partial charge in [-0.25, -0.2) is 0 Å². The highest BCUT2D eigenvalue weighted by molar-refractivity contribution is 8.00. The molecule has 2 rings (SSSR count). The molecule has 1 amide bonds. The fourth-order valence-corrected chi connectivity index (χ4v) is 3.27. The minimum atomic E-state index is -0.484. The third-order valence-electron chi connectivity index (χ3n) is 3.34. The summed E-state index contributed by atoms with van der Waals surface area (Å²) in [6.07, 6.45) is 2.90. The van der Waals surface area contributed by atoms with Crippen LogP contribution in [0.5, 0.6) is 0 Å². The number of nitro benzene ring substituents is 1. The average molecular weight is 336 g/mol. The molecule has 1 fully saturated rings. The minimum absolute atomic E-state index is 0.0280. The maximum atomic E-state index is 12.2. The Morgan fingerprint density at radius 3 is 2.96 bits per heavy atom. The fourth-order valence-electron chi connectivity index (χ4n) is 2.14. The number of rotatable bonds is 4. The zero-order valence-electron chi connectivity index (χ0n) is 12.5. The monoisotopic (exact) mass is 336 g/mol. The third kappa shape index (κ3) is 4.56. The van der Waals surface area contributed by atoms with E-state index >= 15 is 0 Å². The molecular weight excluding hydrogens is 320 g/mol. The summed E-state index contributed by atoms with van der Waals surface area (Å²) < 4.78 is 4.70. The molecule has 8 heteroatoms. The van der Waals surface area contributed by atoms with Crippen molar-refractivity contribution in [3.63, 3.8) is 0 Å². The van der Waals surface area contributed by atoms with E-state index in [1.807, 2.05) is 0 Å². The van der Waals surface area contributed by atoms with Gasteiger partial charge in [0.2, 0.25) is 5.91 Å². The van der Waals surface area contributed by atoms with Crippen LogP contribution in [0.15, 0.2) is 30.3 Å². The van der Waals surface area contributed by atoms with Crippen LogP contribution in [0.3, 0.4) is 0 Å². The van der Waals surface area contributed by atoms with E-state index < -0.39 is 4.92 Å². The number of amides is 1. The lowest BCUT2D eigenvalue weighted by Crippen LogP contribution is -2.44. The Balaban J connectivity index is 2.02. The van der Waals surface area contributed by atoms with Gasteiger partial charge in [0.1, 0.15) is 5.25 Å². The summed E-state index contributed by atoms with van der Waals surface area (Å²) in [6, 6.07) is 6.03. The number of nitrogens with zero attached hydrogens (tertiary/aromatic N) is 2. The van der Waals surface area contributed by atoms with Crippen molar-refractivity contribution in [3.05, 3.63) is 46.0 Å². The normalized spacial score (nSPS) is 18.0. The van der Waals surface area contributed by atoms with E-state index in [4.69, 9.17) is 4.74 Å². The maximum absolute atomic E-state index is 12.2. The van der Waals surface area contributed by atoms with Gasteiger partial charge in [-0.15, -0.1) is 11.8 Å². The van der Waals surface area contributed by atoms with Gasteiger partial charge in [-0.3, -0.25) is 19.7 Å². The molecule has 7 nitrogen and oxygen atoms in total. The van der Waals surface area contributed by atoms with Gasteiger partial charge in [-0.2, -0.15) is 0 Å². The van der Waals surface area contributed by atoms with E-state index in [-0.39, 0.29) is 22.8 Å². The Morgan fingerprint density at radius 2 is 2.26 bits per heavy atom. The molecule has 0 radical (unpaired) electrons. The molecule has 1 aliphatic heterocycles. The Morgan fingerprint density at radius 1 is 1.48 bits per heavy atom. The van der Waals surface area contributed by atoms with Crippen LogP contribution in [-0.2, 0) is 14.3 Å². The quantitative estimate of drug-likeness (QED) is 0.360. The summed E-state index contributed by atoms with van der Waals surface area (Å²) in [6.45, 7) is 0.853. The SMILES string of the molecule is COC(=O)[C@@H]1CN(C(=O)/C=C/c2cccc([N+](=O)[O-])c2)CCS1. The second kappa shape index (κ2) is 7.77. The number of carbonyl (C=O) groups is 2. The molecule has 23 heavy (non-hydrogen) atoms. The van der Waals surface area contributed by atoms with Crippen molar-refractivity contribution in [2.24, 2.45) is 0 Å². The summed E-state index contributed by atoms with van der Waals surface area (Å²) in [7, 11) is 1.33. The molecule has 0 unspecified atom stereocenters. The molecule has 122 valence electrons. The molecule has 0 aromatic heterocycles. The Kier molecular flexibility index (Phi) is 5.75. The van der Waals surface area contributed by atoms with Crippen LogP contribution in [-0.4, -0.2) is 52.9 Å². The first kappa shape index (κ1) is 17.0. The topological polar surface area (TPSA) is 89.8 Å². The van der Waals surface area contributed by atoms with Crippen molar-refractivity contribution in [3.8, 4) is 0 Å². The van der Waals surface area contributed by atoms with E-state index in [0.29, 0.717) is 24.4 Å². The molecule has 0 saturated carbocycles. The number of methoxy groups -OCH3 is 1. The van der Waals surface area contributed by atoms with E-state index in [2.05, 4.69) is 0 Å². The van der Waals surface area contributed by atoms with E-state index in [1.54, 1.807) is 17.0 Å². The van der Waals surface area contributed by atoms with Gasteiger partial charge in [0.25, 0.3) is 5.69 Å². The number of carbonyl (C=O) groups excluding carboxylic acids is 2. The molecule has 0 spiro atoms. The van der Waals surface area contributed by atoms with Crippen molar-refractivity contribution >= 4 is 35.4 Å². The summed E-state index contributed by atoms with van der Waals surface area (Å²) >= 11 is 1.47. The van der Waals surface area contributed by atoms with Crippen LogP contribution in [0.1, 0.15) is 5.56 Å². The van der Waals surface area contributed by atoms with Gasteiger partial charge in [0.15, 0.2) is 0 Å². The second-order valence-electron chi connectivity index (χ2n) is 4.85. The molecule has 0 aliphatic carbocycles. The summed E-state index contributed by atoms with van der Waals surface area (Å²) in [5.74, 6) is 0.0942. The zero-order chi connectivity index (χ0) is 16.8. The lowest BCUT2D eigenvalue weighted by atomic mass is 10.2. The fraction of sp³-hybridized carbons (Fsp3) is 0.333. The highest BCUT2D eigenvalue weighted by atomic mass is 32.2. The van der Waals surface area contributed by atoms with E-state index in [1.165, 1.54) is 43.2 Å². The van der Waals surface area contributed by atoms with Crippen LogP contribution in [0.2, 0.25) is 0 Å². The van der Waals surface area contributed by atoms with Crippen molar-refractivity contribution in [2.45, 2.75) is 5.25 Å². The maximum Gasteiger partial charge on any atom is 0.320 e. The molecule has 1 aromatic carbocycles. The van der Waals surface area contributed by atoms with Crippen LogP contribution in [0, 0.1) is 10.1 Å². The highest BCUT2D eigenvalue weighted by Crippen LogP contribution is 2.20. The van der Waals surface area contributed by atoms with Crippen LogP contribution in [0.25, 0.3) is 6.08 Å². The lowest BCUT2D eigenvalue weighted by Gasteiger charge is -2.30. The number of benzene rings is 1. The molecule has 1 aliphatic rings. The number of thioether (sulfide) groups is 1. The Labute approximate surface area is 137 Å². The number of hydrogen-bond acceptors (Lipinski definition) is 6. The predicted octanol–water partition coefficient (Wildman–Crippen LogP) is 1.72. The highest BCUT2D eigenvalue weighted by Gasteiger charge is 2.28.